The van der Waals surface area contributed by atoms with E-state index in [9.17, 15) is 24.0 Å². The first-order valence-electron chi connectivity index (χ1n) is 10.4. The molecule has 0 saturated carbocycles. The van der Waals surface area contributed by atoms with E-state index in [-0.39, 0.29) is 12.2 Å². The number of ketones is 1. The Kier molecular flexibility index (Phi) is 7.42. The van der Waals surface area contributed by atoms with Gasteiger partial charge in [-0.25, -0.2) is 9.59 Å². The maximum Gasteiger partial charge on any atom is 0.332 e. The summed E-state index contributed by atoms with van der Waals surface area (Å²) in [6.07, 6.45) is 0.121. The zero-order valence-electron chi connectivity index (χ0n) is 18.7. The van der Waals surface area contributed by atoms with Gasteiger partial charge in [-0.1, -0.05) is 48.5 Å². The van der Waals surface area contributed by atoms with Crippen molar-refractivity contribution in [3.05, 3.63) is 98.2 Å². The minimum Gasteiger partial charge on any atom is -0.456 e. The summed E-state index contributed by atoms with van der Waals surface area (Å²) in [5, 5.41) is 2.63. The third kappa shape index (κ3) is 5.29. The minimum absolute atomic E-state index is 0.121. The molecule has 0 bridgehead atoms. The number of nitrogens with zero attached hydrogens (tertiary/aromatic N) is 2. The van der Waals surface area contributed by atoms with Crippen molar-refractivity contribution in [3.8, 4) is 0 Å². The number of rotatable bonds is 8. The van der Waals surface area contributed by atoms with Gasteiger partial charge in [0.2, 0.25) is 5.78 Å². The molecule has 2 aromatic carbocycles. The number of amides is 1. The van der Waals surface area contributed by atoms with Gasteiger partial charge >= 0.3 is 11.7 Å². The van der Waals surface area contributed by atoms with E-state index < -0.39 is 47.1 Å². The molecule has 3 rings (SSSR count). The van der Waals surface area contributed by atoms with Gasteiger partial charge in [-0.2, -0.15) is 0 Å². The number of ether oxygens (including phenoxy) is 1. The summed E-state index contributed by atoms with van der Waals surface area (Å²) in [4.78, 5) is 62.5. The van der Waals surface area contributed by atoms with Crippen LogP contribution in [0.15, 0.2) is 70.3 Å². The SMILES string of the molecule is Cn1c(N)c(C(=O)COC(=O)[C@H](Cc2ccccc2)NC(=O)c2ccccc2)c(=O)n(C)c1=O. The Bertz CT molecular complexity index is 1330. The molecule has 1 aromatic heterocycles. The molecule has 1 heterocycles. The van der Waals surface area contributed by atoms with Crippen molar-refractivity contribution in [3.63, 3.8) is 0 Å². The summed E-state index contributed by atoms with van der Waals surface area (Å²) < 4.78 is 6.85. The molecule has 0 radical (unpaired) electrons. The first-order valence-corrected chi connectivity index (χ1v) is 10.4. The van der Waals surface area contributed by atoms with Crippen LogP contribution in [-0.4, -0.2) is 39.4 Å². The van der Waals surface area contributed by atoms with Crippen LogP contribution in [0.5, 0.6) is 0 Å². The zero-order chi connectivity index (χ0) is 24.8. The second-order valence-corrected chi connectivity index (χ2v) is 7.58. The van der Waals surface area contributed by atoms with E-state index in [0.717, 1.165) is 14.7 Å². The van der Waals surface area contributed by atoms with Gasteiger partial charge in [0.05, 0.1) is 0 Å². The smallest absolute Gasteiger partial charge is 0.332 e. The molecule has 3 aromatic rings. The maximum absolute atomic E-state index is 12.8. The van der Waals surface area contributed by atoms with Gasteiger partial charge in [-0.05, 0) is 17.7 Å². The van der Waals surface area contributed by atoms with Crippen molar-refractivity contribution in [1.29, 1.82) is 0 Å². The molecule has 34 heavy (non-hydrogen) atoms. The van der Waals surface area contributed by atoms with E-state index >= 15 is 0 Å². The monoisotopic (exact) mass is 464 g/mol. The average Bonchev–Trinajstić information content (AvgIpc) is 2.85. The van der Waals surface area contributed by atoms with Gasteiger partial charge in [0.25, 0.3) is 11.5 Å². The highest BCUT2D eigenvalue weighted by Gasteiger charge is 2.26. The number of Topliss-reactive ketones (excluding diaryl/α,β-unsaturated/α-hetero) is 1. The van der Waals surface area contributed by atoms with E-state index in [4.69, 9.17) is 10.5 Å². The number of hydrogen-bond acceptors (Lipinski definition) is 7. The van der Waals surface area contributed by atoms with Gasteiger partial charge in [-0.15, -0.1) is 0 Å². The lowest BCUT2D eigenvalue weighted by Crippen LogP contribution is -2.44. The topological polar surface area (TPSA) is 142 Å². The second kappa shape index (κ2) is 10.4. The number of benzene rings is 2. The number of esters is 1. The van der Waals surface area contributed by atoms with Crippen LogP contribution in [-0.2, 0) is 30.0 Å². The van der Waals surface area contributed by atoms with Crippen molar-refractivity contribution >= 4 is 23.5 Å². The molecular weight excluding hydrogens is 440 g/mol. The van der Waals surface area contributed by atoms with Crippen molar-refractivity contribution in [2.75, 3.05) is 12.3 Å². The third-order valence-electron chi connectivity index (χ3n) is 5.24. The second-order valence-electron chi connectivity index (χ2n) is 7.58. The molecule has 176 valence electrons. The fraction of sp³-hybridized carbons (Fsp3) is 0.208. The van der Waals surface area contributed by atoms with E-state index in [2.05, 4.69) is 5.32 Å². The highest BCUT2D eigenvalue weighted by Crippen LogP contribution is 2.09. The Morgan fingerprint density at radius 2 is 1.53 bits per heavy atom. The van der Waals surface area contributed by atoms with Gasteiger partial charge in [0.1, 0.15) is 17.4 Å². The van der Waals surface area contributed by atoms with Crippen molar-refractivity contribution in [2.45, 2.75) is 12.5 Å². The quantitative estimate of drug-likeness (QED) is 0.364. The summed E-state index contributed by atoms with van der Waals surface area (Å²) in [6.45, 7) is -0.789. The Balaban J connectivity index is 1.79. The number of anilines is 1. The predicted octanol–water partition coefficient (Wildman–Crippen LogP) is 0.433. The van der Waals surface area contributed by atoms with Crippen molar-refractivity contribution in [1.82, 2.24) is 14.5 Å². The highest BCUT2D eigenvalue weighted by atomic mass is 16.5. The molecule has 0 aliphatic rings. The molecule has 0 aliphatic carbocycles. The molecule has 1 atom stereocenters. The van der Waals surface area contributed by atoms with E-state index in [1.807, 2.05) is 6.07 Å². The molecule has 10 nitrogen and oxygen atoms in total. The first kappa shape index (κ1) is 24.2. The molecule has 10 heteroatoms. The average molecular weight is 464 g/mol. The largest absolute Gasteiger partial charge is 0.456 e. The number of hydrogen-bond donors (Lipinski definition) is 2. The van der Waals surface area contributed by atoms with Gasteiger partial charge in [0, 0.05) is 26.1 Å². The predicted molar refractivity (Wildman–Crippen MR) is 124 cm³/mol. The third-order valence-corrected chi connectivity index (χ3v) is 5.24. The molecule has 0 unspecified atom stereocenters. The number of nitrogens with two attached hydrogens (primary N) is 1. The highest BCUT2D eigenvalue weighted by molar-refractivity contribution is 6.02. The van der Waals surface area contributed by atoms with Crippen LogP contribution in [0.1, 0.15) is 26.3 Å². The summed E-state index contributed by atoms with van der Waals surface area (Å²) in [5.41, 5.74) is 4.87. The number of aromatic nitrogens is 2. The van der Waals surface area contributed by atoms with Crippen molar-refractivity contribution in [2.24, 2.45) is 14.1 Å². The van der Waals surface area contributed by atoms with Gasteiger partial charge < -0.3 is 15.8 Å². The van der Waals surface area contributed by atoms with Crippen LogP contribution in [0.2, 0.25) is 0 Å². The minimum atomic E-state index is -1.09. The van der Waals surface area contributed by atoms with Crippen LogP contribution < -0.4 is 22.3 Å². The van der Waals surface area contributed by atoms with E-state index in [1.54, 1.807) is 54.6 Å². The first-order chi connectivity index (χ1) is 16.2. The molecule has 0 saturated heterocycles. The van der Waals surface area contributed by atoms with E-state index in [1.165, 1.54) is 14.1 Å². The standard InChI is InChI=1S/C24H24N4O6/c1-27-20(25)19(22(31)28(2)24(27)33)18(29)14-34-23(32)17(13-15-9-5-3-6-10-15)26-21(30)16-11-7-4-8-12-16/h3-12,17H,13-14,25H2,1-2H3,(H,26,30)/t17-/m0/s1. The fourth-order valence-electron chi connectivity index (χ4n) is 3.31. The molecular formula is C24H24N4O6. The molecule has 0 spiro atoms. The number of nitrogens with one attached hydrogen (secondary N) is 1. The lowest BCUT2D eigenvalue weighted by molar-refractivity contribution is -0.144. The number of carbonyl (C=O) groups is 3. The number of carbonyl (C=O) groups excluding carboxylic acids is 3. The van der Waals surface area contributed by atoms with Crippen LogP contribution in [0.3, 0.4) is 0 Å². The van der Waals surface area contributed by atoms with Gasteiger partial charge in [0.15, 0.2) is 6.61 Å². The Labute approximate surface area is 194 Å². The molecule has 0 aliphatic heterocycles. The maximum atomic E-state index is 12.8. The Hall–Kier alpha value is -4.47. The fourth-order valence-corrected chi connectivity index (χ4v) is 3.31. The lowest BCUT2D eigenvalue weighted by Gasteiger charge is -2.18. The summed E-state index contributed by atoms with van der Waals surface area (Å²) >= 11 is 0. The summed E-state index contributed by atoms with van der Waals surface area (Å²) in [7, 11) is 2.52. The molecule has 1 amide bonds. The van der Waals surface area contributed by atoms with Gasteiger partial charge in [-0.3, -0.25) is 23.5 Å². The molecule has 3 N–H and O–H groups in total. The van der Waals surface area contributed by atoms with E-state index in [0.29, 0.717) is 5.56 Å². The Morgan fingerprint density at radius 3 is 2.15 bits per heavy atom. The van der Waals surface area contributed by atoms with Crippen LogP contribution in [0.4, 0.5) is 5.82 Å². The normalized spacial score (nSPS) is 11.5. The van der Waals surface area contributed by atoms with Crippen LogP contribution in [0, 0.1) is 0 Å². The summed E-state index contributed by atoms with van der Waals surface area (Å²) in [6, 6.07) is 16.2. The van der Waals surface area contributed by atoms with Crippen LogP contribution in [0.25, 0.3) is 0 Å². The number of nitrogen functional groups attached to an aromatic ring is 1. The van der Waals surface area contributed by atoms with Crippen molar-refractivity contribution < 1.29 is 19.1 Å². The Morgan fingerprint density at radius 1 is 0.941 bits per heavy atom. The molecule has 0 fully saturated rings. The summed E-state index contributed by atoms with van der Waals surface area (Å²) in [5.74, 6) is -2.54. The zero-order valence-corrected chi connectivity index (χ0v) is 18.7. The van der Waals surface area contributed by atoms with Crippen LogP contribution >= 0.6 is 0 Å². The lowest BCUT2D eigenvalue weighted by atomic mass is 10.1.